The summed E-state index contributed by atoms with van der Waals surface area (Å²) >= 11 is 0. The first-order chi connectivity index (χ1) is 10.6. The average molecular weight is 297 g/mol. The third-order valence-corrected chi connectivity index (χ3v) is 4.06. The molecule has 0 amide bonds. The molecule has 0 aliphatic heterocycles. The van der Waals surface area contributed by atoms with E-state index >= 15 is 0 Å². The summed E-state index contributed by atoms with van der Waals surface area (Å²) in [5.74, 6) is 1.02. The number of anilines is 1. The molecule has 0 saturated heterocycles. The summed E-state index contributed by atoms with van der Waals surface area (Å²) in [6, 6.07) is 16.8. The fourth-order valence-corrected chi connectivity index (χ4v) is 2.52. The summed E-state index contributed by atoms with van der Waals surface area (Å²) < 4.78 is 5.85. The van der Waals surface area contributed by atoms with Crippen molar-refractivity contribution >= 4 is 5.69 Å². The molecule has 0 aliphatic carbocycles. The van der Waals surface area contributed by atoms with Crippen LogP contribution < -0.4 is 5.73 Å². The van der Waals surface area contributed by atoms with Crippen molar-refractivity contribution in [1.29, 1.82) is 0 Å². The standard InChI is InChI=1S/C20H27NO/c1-15(2)18-7-4-6-17(12-18)14-22-11-10-16(3)19-8-5-9-20(21)13-19/h4-9,12-13,15-16H,10-11,14,21H2,1-3H3. The first-order valence-corrected chi connectivity index (χ1v) is 8.08. The van der Waals surface area contributed by atoms with Crippen LogP contribution in [-0.4, -0.2) is 6.61 Å². The Bertz CT molecular complexity index is 592. The normalized spacial score (nSPS) is 12.5. The highest BCUT2D eigenvalue weighted by molar-refractivity contribution is 5.41. The average Bonchev–Trinajstić information content (AvgIpc) is 2.51. The molecular formula is C20H27NO. The van der Waals surface area contributed by atoms with E-state index in [1.54, 1.807) is 0 Å². The van der Waals surface area contributed by atoms with Gasteiger partial charge in [0, 0.05) is 12.3 Å². The number of hydrogen-bond donors (Lipinski definition) is 1. The Kier molecular flexibility index (Phi) is 6.02. The lowest BCUT2D eigenvalue weighted by atomic mass is 9.98. The lowest BCUT2D eigenvalue weighted by Crippen LogP contribution is -2.02. The Morgan fingerprint density at radius 3 is 2.41 bits per heavy atom. The SMILES string of the molecule is CC(C)c1cccc(COCCC(C)c2cccc(N)c2)c1. The molecule has 2 nitrogen and oxygen atoms in total. The molecule has 0 saturated carbocycles. The van der Waals surface area contributed by atoms with E-state index in [9.17, 15) is 0 Å². The molecule has 1 atom stereocenters. The number of nitrogen functional groups attached to an aromatic ring is 1. The number of nitrogens with two attached hydrogens (primary N) is 1. The Labute approximate surface area is 134 Å². The molecule has 0 bridgehead atoms. The van der Waals surface area contributed by atoms with E-state index in [1.807, 2.05) is 12.1 Å². The molecule has 0 fully saturated rings. The minimum absolute atomic E-state index is 0.463. The lowest BCUT2D eigenvalue weighted by Gasteiger charge is -2.13. The quantitative estimate of drug-likeness (QED) is 0.570. The molecular weight excluding hydrogens is 270 g/mol. The molecule has 1 unspecified atom stereocenters. The maximum absolute atomic E-state index is 5.85. The molecule has 0 spiro atoms. The van der Waals surface area contributed by atoms with Crippen molar-refractivity contribution in [3.63, 3.8) is 0 Å². The molecule has 2 rings (SSSR count). The van der Waals surface area contributed by atoms with Crippen molar-refractivity contribution in [2.75, 3.05) is 12.3 Å². The van der Waals surface area contributed by atoms with Gasteiger partial charge in [0.1, 0.15) is 0 Å². The molecule has 0 aliphatic rings. The molecule has 0 radical (unpaired) electrons. The van der Waals surface area contributed by atoms with Gasteiger partial charge < -0.3 is 10.5 Å². The van der Waals surface area contributed by atoms with E-state index in [1.165, 1.54) is 16.7 Å². The maximum Gasteiger partial charge on any atom is 0.0716 e. The monoisotopic (exact) mass is 297 g/mol. The predicted octanol–water partition coefficient (Wildman–Crippen LogP) is 5.10. The van der Waals surface area contributed by atoms with Gasteiger partial charge >= 0.3 is 0 Å². The van der Waals surface area contributed by atoms with Crippen molar-refractivity contribution in [1.82, 2.24) is 0 Å². The summed E-state index contributed by atoms with van der Waals surface area (Å²) in [6.45, 7) is 8.10. The van der Waals surface area contributed by atoms with Crippen LogP contribution in [-0.2, 0) is 11.3 Å². The molecule has 2 aromatic carbocycles. The second-order valence-electron chi connectivity index (χ2n) is 6.31. The maximum atomic E-state index is 5.85. The Morgan fingerprint density at radius 2 is 1.68 bits per heavy atom. The van der Waals surface area contributed by atoms with Crippen LogP contribution in [0.15, 0.2) is 48.5 Å². The van der Waals surface area contributed by atoms with Crippen LogP contribution >= 0.6 is 0 Å². The van der Waals surface area contributed by atoms with Gasteiger partial charge in [-0.1, -0.05) is 57.2 Å². The zero-order chi connectivity index (χ0) is 15.9. The van der Waals surface area contributed by atoms with Crippen LogP contribution in [0.3, 0.4) is 0 Å². The van der Waals surface area contributed by atoms with E-state index in [-0.39, 0.29) is 0 Å². The molecule has 2 heteroatoms. The summed E-state index contributed by atoms with van der Waals surface area (Å²) in [5.41, 5.74) is 10.6. The number of hydrogen-bond acceptors (Lipinski definition) is 2. The summed E-state index contributed by atoms with van der Waals surface area (Å²) in [4.78, 5) is 0. The van der Waals surface area contributed by atoms with E-state index in [2.05, 4.69) is 57.2 Å². The van der Waals surface area contributed by atoms with Gasteiger partial charge in [0.15, 0.2) is 0 Å². The van der Waals surface area contributed by atoms with Crippen molar-refractivity contribution in [2.24, 2.45) is 0 Å². The van der Waals surface area contributed by atoms with Crippen molar-refractivity contribution in [3.05, 3.63) is 65.2 Å². The third-order valence-electron chi connectivity index (χ3n) is 4.06. The van der Waals surface area contributed by atoms with Crippen LogP contribution in [0.2, 0.25) is 0 Å². The zero-order valence-electron chi connectivity index (χ0n) is 13.9. The van der Waals surface area contributed by atoms with E-state index in [0.717, 1.165) is 18.7 Å². The number of rotatable bonds is 7. The van der Waals surface area contributed by atoms with Gasteiger partial charge in [-0.25, -0.2) is 0 Å². The largest absolute Gasteiger partial charge is 0.399 e. The highest BCUT2D eigenvalue weighted by Gasteiger charge is 2.06. The minimum atomic E-state index is 0.463. The van der Waals surface area contributed by atoms with Crippen LogP contribution in [0, 0.1) is 0 Å². The summed E-state index contributed by atoms with van der Waals surface area (Å²) in [7, 11) is 0. The molecule has 118 valence electrons. The minimum Gasteiger partial charge on any atom is -0.399 e. The summed E-state index contributed by atoms with van der Waals surface area (Å²) in [6.07, 6.45) is 1.01. The molecule has 0 aromatic heterocycles. The zero-order valence-corrected chi connectivity index (χ0v) is 13.9. The Balaban J connectivity index is 1.78. The number of benzene rings is 2. The predicted molar refractivity (Wildman–Crippen MR) is 94.1 cm³/mol. The van der Waals surface area contributed by atoms with Crippen LogP contribution in [0.25, 0.3) is 0 Å². The third kappa shape index (κ3) is 4.88. The topological polar surface area (TPSA) is 35.2 Å². The lowest BCUT2D eigenvalue weighted by molar-refractivity contribution is 0.115. The van der Waals surface area contributed by atoms with Gasteiger partial charge in [-0.2, -0.15) is 0 Å². The summed E-state index contributed by atoms with van der Waals surface area (Å²) in [5, 5.41) is 0. The molecule has 22 heavy (non-hydrogen) atoms. The van der Waals surface area contributed by atoms with Crippen molar-refractivity contribution < 1.29 is 4.74 Å². The molecule has 2 N–H and O–H groups in total. The second-order valence-corrected chi connectivity index (χ2v) is 6.31. The fraction of sp³-hybridized carbons (Fsp3) is 0.400. The van der Waals surface area contributed by atoms with Gasteiger partial charge in [-0.15, -0.1) is 0 Å². The first kappa shape index (κ1) is 16.6. The molecule has 0 heterocycles. The van der Waals surface area contributed by atoms with Gasteiger partial charge in [0.25, 0.3) is 0 Å². The Hall–Kier alpha value is -1.80. The second kappa shape index (κ2) is 8.00. The Morgan fingerprint density at radius 1 is 0.955 bits per heavy atom. The van der Waals surface area contributed by atoms with E-state index < -0.39 is 0 Å². The van der Waals surface area contributed by atoms with Crippen molar-refractivity contribution in [2.45, 2.75) is 45.6 Å². The van der Waals surface area contributed by atoms with Gasteiger partial charge in [0.05, 0.1) is 6.61 Å². The smallest absolute Gasteiger partial charge is 0.0716 e. The first-order valence-electron chi connectivity index (χ1n) is 8.08. The highest BCUT2D eigenvalue weighted by atomic mass is 16.5. The molecule has 2 aromatic rings. The van der Waals surface area contributed by atoms with Gasteiger partial charge in [-0.05, 0) is 47.1 Å². The van der Waals surface area contributed by atoms with Crippen LogP contribution in [0.4, 0.5) is 5.69 Å². The van der Waals surface area contributed by atoms with E-state index in [4.69, 9.17) is 10.5 Å². The van der Waals surface area contributed by atoms with Crippen LogP contribution in [0.1, 0.15) is 55.7 Å². The highest BCUT2D eigenvalue weighted by Crippen LogP contribution is 2.21. The number of ether oxygens (including phenoxy) is 1. The van der Waals surface area contributed by atoms with Crippen molar-refractivity contribution in [3.8, 4) is 0 Å². The van der Waals surface area contributed by atoms with Gasteiger partial charge in [-0.3, -0.25) is 0 Å². The van der Waals surface area contributed by atoms with Crippen LogP contribution in [0.5, 0.6) is 0 Å². The van der Waals surface area contributed by atoms with Gasteiger partial charge in [0.2, 0.25) is 0 Å². The van der Waals surface area contributed by atoms with E-state index in [0.29, 0.717) is 18.4 Å². The fourth-order valence-electron chi connectivity index (χ4n) is 2.52.